The van der Waals surface area contributed by atoms with Gasteiger partial charge in [0, 0.05) is 23.3 Å². The van der Waals surface area contributed by atoms with Gasteiger partial charge in [-0.05, 0) is 44.2 Å². The Balaban J connectivity index is 1.83. The average molecular weight is 378 g/mol. The molecule has 9 heteroatoms. The molecule has 0 radical (unpaired) electrons. The first-order chi connectivity index (χ1) is 11.8. The van der Waals surface area contributed by atoms with E-state index in [-0.39, 0.29) is 17.3 Å². The van der Waals surface area contributed by atoms with E-state index in [4.69, 9.17) is 0 Å². The fraction of sp³-hybridized carbons (Fsp3) is 0.250. The summed E-state index contributed by atoms with van der Waals surface area (Å²) in [5.74, 6) is -0.341. The summed E-state index contributed by atoms with van der Waals surface area (Å²) in [6.07, 6.45) is 3.75. The van der Waals surface area contributed by atoms with Gasteiger partial charge in [0.1, 0.15) is 0 Å². The number of carbonyl (C=O) groups excluding carboxylic acids is 1. The molecule has 0 aliphatic carbocycles. The molecule has 132 valence electrons. The van der Waals surface area contributed by atoms with Crippen molar-refractivity contribution in [3.05, 3.63) is 52.3 Å². The topological polar surface area (TPSA) is 92.6 Å². The van der Waals surface area contributed by atoms with Crippen molar-refractivity contribution in [1.29, 1.82) is 0 Å². The molecule has 0 saturated heterocycles. The van der Waals surface area contributed by atoms with E-state index in [0.717, 1.165) is 16.2 Å². The third kappa shape index (κ3) is 3.44. The summed E-state index contributed by atoms with van der Waals surface area (Å²) < 4.78 is 28.5. The van der Waals surface area contributed by atoms with Crippen molar-refractivity contribution in [2.75, 3.05) is 7.05 Å². The van der Waals surface area contributed by atoms with Gasteiger partial charge in [-0.25, -0.2) is 18.1 Å². The molecule has 0 atom stereocenters. The Morgan fingerprint density at radius 2 is 2.08 bits per heavy atom. The van der Waals surface area contributed by atoms with Crippen LogP contribution in [0, 0.1) is 13.8 Å². The fourth-order valence-electron chi connectivity index (χ4n) is 2.48. The van der Waals surface area contributed by atoms with Gasteiger partial charge in [-0.15, -0.1) is 11.3 Å². The molecule has 25 heavy (non-hydrogen) atoms. The number of carbonyl (C=O) groups is 1. The van der Waals surface area contributed by atoms with E-state index >= 15 is 0 Å². The zero-order chi connectivity index (χ0) is 18.2. The van der Waals surface area contributed by atoms with Gasteiger partial charge < -0.3 is 5.32 Å². The quantitative estimate of drug-likeness (QED) is 0.709. The molecular weight excluding hydrogens is 360 g/mol. The number of nitrogens with zero attached hydrogens (tertiary/aromatic N) is 2. The molecule has 0 fully saturated rings. The zero-order valence-corrected chi connectivity index (χ0v) is 15.7. The van der Waals surface area contributed by atoms with E-state index in [0.29, 0.717) is 11.1 Å². The molecule has 0 spiro atoms. The van der Waals surface area contributed by atoms with Crippen LogP contribution >= 0.6 is 11.3 Å². The lowest BCUT2D eigenvalue weighted by Crippen LogP contribution is -2.25. The third-order valence-corrected chi connectivity index (χ3v) is 6.32. The lowest BCUT2D eigenvalue weighted by molar-refractivity contribution is 0.0950. The minimum Gasteiger partial charge on any atom is -0.346 e. The fourth-order valence-corrected chi connectivity index (χ4v) is 4.27. The molecule has 3 aromatic rings. The van der Waals surface area contributed by atoms with E-state index in [2.05, 4.69) is 15.0 Å². The van der Waals surface area contributed by atoms with Crippen LogP contribution in [-0.2, 0) is 16.6 Å². The van der Waals surface area contributed by atoms with Crippen molar-refractivity contribution in [1.82, 2.24) is 19.4 Å². The summed E-state index contributed by atoms with van der Waals surface area (Å²) in [7, 11) is -2.28. The Hall–Kier alpha value is -2.23. The van der Waals surface area contributed by atoms with Crippen LogP contribution in [-0.4, -0.2) is 30.8 Å². The molecule has 2 heterocycles. The van der Waals surface area contributed by atoms with Gasteiger partial charge in [0.05, 0.1) is 17.1 Å². The Morgan fingerprint density at radius 3 is 2.76 bits per heavy atom. The number of rotatable bonds is 5. The van der Waals surface area contributed by atoms with Crippen LogP contribution in [0.5, 0.6) is 0 Å². The second-order valence-electron chi connectivity index (χ2n) is 5.63. The minimum absolute atomic E-state index is 0.114. The summed E-state index contributed by atoms with van der Waals surface area (Å²) in [5, 5.41) is 4.72. The molecule has 3 rings (SSSR count). The molecule has 0 aliphatic heterocycles. The Morgan fingerprint density at radius 1 is 1.32 bits per heavy atom. The number of sulfonamides is 1. The highest BCUT2D eigenvalue weighted by molar-refractivity contribution is 7.89. The van der Waals surface area contributed by atoms with Crippen molar-refractivity contribution in [2.45, 2.75) is 25.3 Å². The summed E-state index contributed by atoms with van der Waals surface area (Å²) in [6.45, 7) is 3.78. The number of thiazole rings is 1. The number of amides is 1. The van der Waals surface area contributed by atoms with Crippen LogP contribution in [0.3, 0.4) is 0 Å². The minimum atomic E-state index is -3.63. The van der Waals surface area contributed by atoms with E-state index in [1.54, 1.807) is 19.9 Å². The molecule has 0 bridgehead atoms. The van der Waals surface area contributed by atoms with Crippen LogP contribution in [0.4, 0.5) is 0 Å². The smallest absolute Gasteiger partial charge is 0.251 e. The monoisotopic (exact) mass is 378 g/mol. The van der Waals surface area contributed by atoms with Gasteiger partial charge in [0.2, 0.25) is 10.0 Å². The average Bonchev–Trinajstić information content (AvgIpc) is 3.16. The lowest BCUT2D eigenvalue weighted by atomic mass is 10.1. The standard InChI is InChI=1S/C16H18N4O3S2/c1-10-6-12(7-14(11(10)2)25(22,23)17-3)15(21)18-8-13-9-20-4-5-24-16(20)19-13/h4-7,9,17H,8H2,1-3H3,(H,18,21). The Kier molecular flexibility index (Phi) is 4.63. The van der Waals surface area contributed by atoms with Crippen LogP contribution in [0.2, 0.25) is 0 Å². The SMILES string of the molecule is CNS(=O)(=O)c1cc(C(=O)NCc2cn3ccsc3n2)cc(C)c1C. The van der Waals surface area contributed by atoms with E-state index < -0.39 is 10.0 Å². The summed E-state index contributed by atoms with van der Waals surface area (Å²) in [6, 6.07) is 3.08. The van der Waals surface area contributed by atoms with Crippen molar-refractivity contribution in [2.24, 2.45) is 0 Å². The van der Waals surface area contributed by atoms with Gasteiger partial charge >= 0.3 is 0 Å². The third-order valence-electron chi connectivity index (χ3n) is 4.01. The molecule has 0 unspecified atom stereocenters. The number of hydrogen-bond acceptors (Lipinski definition) is 5. The number of benzene rings is 1. The highest BCUT2D eigenvalue weighted by atomic mass is 32.2. The molecule has 1 amide bonds. The molecular formula is C16H18N4O3S2. The second kappa shape index (κ2) is 6.58. The van der Waals surface area contributed by atoms with E-state index in [1.807, 2.05) is 22.2 Å². The van der Waals surface area contributed by atoms with Crippen LogP contribution in [0.1, 0.15) is 27.2 Å². The molecule has 0 saturated carbocycles. The second-order valence-corrected chi connectivity index (χ2v) is 8.36. The Bertz CT molecular complexity index is 1020. The summed E-state index contributed by atoms with van der Waals surface area (Å²) in [4.78, 5) is 17.8. The van der Waals surface area contributed by atoms with Gasteiger partial charge in [-0.3, -0.25) is 9.20 Å². The molecule has 0 aliphatic rings. The predicted octanol–water partition coefficient (Wildman–Crippen LogP) is 1.85. The van der Waals surface area contributed by atoms with Gasteiger partial charge in [-0.2, -0.15) is 0 Å². The number of aromatic nitrogens is 2. The van der Waals surface area contributed by atoms with Crippen LogP contribution in [0.25, 0.3) is 4.96 Å². The van der Waals surface area contributed by atoms with Crippen LogP contribution in [0.15, 0.2) is 34.8 Å². The normalized spacial score (nSPS) is 11.8. The number of hydrogen-bond donors (Lipinski definition) is 2. The molecule has 2 aromatic heterocycles. The van der Waals surface area contributed by atoms with Gasteiger partial charge in [-0.1, -0.05) is 0 Å². The van der Waals surface area contributed by atoms with E-state index in [9.17, 15) is 13.2 Å². The summed E-state index contributed by atoms with van der Waals surface area (Å²) in [5.41, 5.74) is 2.41. The Labute approximate surface area is 149 Å². The van der Waals surface area contributed by atoms with E-state index in [1.165, 1.54) is 24.5 Å². The number of imidazole rings is 1. The first-order valence-corrected chi connectivity index (χ1v) is 9.92. The first kappa shape index (κ1) is 17.6. The maximum atomic E-state index is 12.4. The molecule has 2 N–H and O–H groups in total. The largest absolute Gasteiger partial charge is 0.346 e. The summed E-state index contributed by atoms with van der Waals surface area (Å²) >= 11 is 1.52. The van der Waals surface area contributed by atoms with Crippen LogP contribution < -0.4 is 10.0 Å². The highest BCUT2D eigenvalue weighted by Gasteiger charge is 2.19. The number of nitrogens with one attached hydrogen (secondary N) is 2. The molecule has 7 nitrogen and oxygen atoms in total. The van der Waals surface area contributed by atoms with Crippen molar-refractivity contribution >= 4 is 32.2 Å². The van der Waals surface area contributed by atoms with Crippen molar-refractivity contribution < 1.29 is 13.2 Å². The predicted molar refractivity (Wildman–Crippen MR) is 96.4 cm³/mol. The maximum Gasteiger partial charge on any atom is 0.251 e. The highest BCUT2D eigenvalue weighted by Crippen LogP contribution is 2.21. The lowest BCUT2D eigenvalue weighted by Gasteiger charge is -2.12. The number of fused-ring (bicyclic) bond motifs is 1. The van der Waals surface area contributed by atoms with Crippen molar-refractivity contribution in [3.63, 3.8) is 0 Å². The van der Waals surface area contributed by atoms with Gasteiger partial charge in [0.15, 0.2) is 4.96 Å². The number of aryl methyl sites for hydroxylation is 1. The first-order valence-electron chi connectivity index (χ1n) is 7.56. The zero-order valence-electron chi connectivity index (χ0n) is 14.0. The maximum absolute atomic E-state index is 12.4. The van der Waals surface area contributed by atoms with Gasteiger partial charge in [0.25, 0.3) is 5.91 Å². The van der Waals surface area contributed by atoms with Crippen molar-refractivity contribution in [3.8, 4) is 0 Å². The molecule has 1 aromatic carbocycles.